The number of allylic oxidation sites excluding steroid dienone is 1. The van der Waals surface area contributed by atoms with Crippen molar-refractivity contribution in [3.05, 3.63) is 46.0 Å². The standard InChI is InChI=1S/C24H30O4/c1-22-10-7-17(25)13-16(22)4-5-20-19(22)8-11-23(2)18(9-12-24(20,23)27)15-3-6-21(26)28-14-15/h3,6,13-14,18-20,27H,4-5,7-12H2,1-2H3/t18-,19?,20?,22+,23-,24+/m1/s1. The van der Waals surface area contributed by atoms with Crippen LogP contribution in [0.4, 0.5) is 0 Å². The van der Waals surface area contributed by atoms with E-state index in [1.54, 1.807) is 6.26 Å². The Morgan fingerprint density at radius 2 is 1.82 bits per heavy atom. The van der Waals surface area contributed by atoms with Crippen molar-refractivity contribution in [2.45, 2.75) is 76.7 Å². The first kappa shape index (κ1) is 18.4. The lowest BCUT2D eigenvalue weighted by Crippen LogP contribution is -2.60. The summed E-state index contributed by atoms with van der Waals surface area (Å²) in [5, 5.41) is 12.1. The summed E-state index contributed by atoms with van der Waals surface area (Å²) in [6.45, 7) is 4.59. The molecule has 2 unspecified atom stereocenters. The van der Waals surface area contributed by atoms with Gasteiger partial charge in [0.1, 0.15) is 0 Å². The highest BCUT2D eigenvalue weighted by Gasteiger charge is 2.66. The van der Waals surface area contributed by atoms with Gasteiger partial charge in [0, 0.05) is 17.9 Å². The zero-order valence-electron chi connectivity index (χ0n) is 16.9. The fourth-order valence-corrected chi connectivity index (χ4v) is 7.63. The number of carbonyl (C=O) groups excluding carboxylic acids is 1. The van der Waals surface area contributed by atoms with Crippen LogP contribution in [-0.2, 0) is 4.79 Å². The van der Waals surface area contributed by atoms with E-state index >= 15 is 0 Å². The predicted molar refractivity (Wildman–Crippen MR) is 106 cm³/mol. The van der Waals surface area contributed by atoms with E-state index in [9.17, 15) is 14.7 Å². The molecule has 150 valence electrons. The molecule has 1 N–H and O–H groups in total. The van der Waals surface area contributed by atoms with Crippen molar-refractivity contribution in [1.29, 1.82) is 0 Å². The Morgan fingerprint density at radius 1 is 1.00 bits per heavy atom. The summed E-state index contributed by atoms with van der Waals surface area (Å²) in [5.41, 5.74) is 1.23. The topological polar surface area (TPSA) is 67.5 Å². The summed E-state index contributed by atoms with van der Waals surface area (Å²) in [4.78, 5) is 23.4. The molecule has 5 rings (SSSR count). The van der Waals surface area contributed by atoms with Crippen molar-refractivity contribution < 1.29 is 14.3 Å². The van der Waals surface area contributed by atoms with Gasteiger partial charge in [0.15, 0.2) is 5.78 Å². The van der Waals surface area contributed by atoms with Crippen molar-refractivity contribution in [3.63, 3.8) is 0 Å². The van der Waals surface area contributed by atoms with Gasteiger partial charge in [0.05, 0.1) is 11.9 Å². The normalized spacial score (nSPS) is 45.0. The van der Waals surface area contributed by atoms with E-state index in [1.165, 1.54) is 11.6 Å². The Hall–Kier alpha value is -1.68. The second kappa shape index (κ2) is 5.91. The number of aliphatic hydroxyl groups is 1. The number of hydrogen-bond acceptors (Lipinski definition) is 4. The molecule has 6 atom stereocenters. The van der Waals surface area contributed by atoms with Crippen LogP contribution in [0.15, 0.2) is 39.3 Å². The first-order chi connectivity index (χ1) is 13.3. The van der Waals surface area contributed by atoms with E-state index in [0.29, 0.717) is 12.3 Å². The molecule has 4 nitrogen and oxygen atoms in total. The monoisotopic (exact) mass is 382 g/mol. The fraction of sp³-hybridized carbons (Fsp3) is 0.667. The van der Waals surface area contributed by atoms with E-state index in [1.807, 2.05) is 12.1 Å². The van der Waals surface area contributed by atoms with E-state index in [0.717, 1.165) is 50.5 Å². The second-order valence-corrected chi connectivity index (χ2v) is 10.2. The summed E-state index contributed by atoms with van der Waals surface area (Å²) in [5.74, 6) is 1.23. The zero-order chi connectivity index (χ0) is 19.7. The van der Waals surface area contributed by atoms with Crippen LogP contribution in [0.25, 0.3) is 0 Å². The number of rotatable bonds is 1. The molecule has 1 heterocycles. The molecule has 3 saturated carbocycles. The van der Waals surface area contributed by atoms with Crippen molar-refractivity contribution in [2.75, 3.05) is 0 Å². The summed E-state index contributed by atoms with van der Waals surface area (Å²) in [6.07, 6.45) is 10.8. The molecule has 0 aliphatic heterocycles. The Balaban J connectivity index is 1.52. The van der Waals surface area contributed by atoms with E-state index in [-0.39, 0.29) is 34.1 Å². The molecule has 4 aliphatic carbocycles. The van der Waals surface area contributed by atoms with Crippen LogP contribution in [-0.4, -0.2) is 16.5 Å². The van der Waals surface area contributed by atoms with Crippen molar-refractivity contribution in [1.82, 2.24) is 0 Å². The lowest BCUT2D eigenvalue weighted by Gasteiger charge is -2.61. The third-order valence-electron chi connectivity index (χ3n) is 9.27. The number of hydrogen-bond donors (Lipinski definition) is 1. The summed E-state index contributed by atoms with van der Waals surface area (Å²) >= 11 is 0. The maximum atomic E-state index is 12.1. The van der Waals surface area contributed by atoms with E-state index in [4.69, 9.17) is 4.42 Å². The predicted octanol–water partition coefficient (Wildman–Crippen LogP) is 4.37. The molecular weight excluding hydrogens is 352 g/mol. The van der Waals surface area contributed by atoms with Crippen molar-refractivity contribution in [3.8, 4) is 0 Å². The smallest absolute Gasteiger partial charge is 0.335 e. The van der Waals surface area contributed by atoms with Gasteiger partial charge in [-0.3, -0.25) is 4.79 Å². The first-order valence-corrected chi connectivity index (χ1v) is 10.8. The molecular formula is C24H30O4. The van der Waals surface area contributed by atoms with Crippen molar-refractivity contribution in [2.24, 2.45) is 22.7 Å². The third-order valence-corrected chi connectivity index (χ3v) is 9.27. The summed E-state index contributed by atoms with van der Waals surface area (Å²) in [6, 6.07) is 3.38. The van der Waals surface area contributed by atoms with Gasteiger partial charge in [-0.25, -0.2) is 4.79 Å². The maximum absolute atomic E-state index is 12.1. The molecule has 0 saturated heterocycles. The average Bonchev–Trinajstić information content (AvgIpc) is 2.95. The summed E-state index contributed by atoms with van der Waals surface area (Å²) in [7, 11) is 0. The Labute approximate surface area is 166 Å². The third kappa shape index (κ3) is 2.27. The second-order valence-electron chi connectivity index (χ2n) is 10.2. The molecule has 0 amide bonds. The van der Waals surface area contributed by atoms with Crippen LogP contribution < -0.4 is 5.63 Å². The van der Waals surface area contributed by atoms with Gasteiger partial charge in [-0.1, -0.05) is 19.4 Å². The van der Waals surface area contributed by atoms with Crippen molar-refractivity contribution >= 4 is 5.78 Å². The molecule has 3 fully saturated rings. The molecule has 28 heavy (non-hydrogen) atoms. The quantitative estimate of drug-likeness (QED) is 0.783. The van der Waals surface area contributed by atoms with Crippen LogP contribution >= 0.6 is 0 Å². The van der Waals surface area contributed by atoms with Crippen LogP contribution in [0.5, 0.6) is 0 Å². The first-order valence-electron chi connectivity index (χ1n) is 10.8. The number of ketones is 1. The SMILES string of the molecule is C[C@]12CCC(=O)C=C1CCC1C2CC[C@]2(C)[C@@H](c3ccc(=O)oc3)CC[C@]12O. The highest BCUT2D eigenvalue weighted by molar-refractivity contribution is 5.91. The van der Waals surface area contributed by atoms with E-state index in [2.05, 4.69) is 13.8 Å². The molecule has 1 aromatic rings. The highest BCUT2D eigenvalue weighted by Crippen LogP contribution is 2.69. The molecule has 0 bridgehead atoms. The molecule has 4 heteroatoms. The van der Waals surface area contributed by atoms with Crippen LogP contribution in [0.2, 0.25) is 0 Å². The van der Waals surface area contributed by atoms with Crippen LogP contribution in [0, 0.1) is 22.7 Å². The fourth-order valence-electron chi connectivity index (χ4n) is 7.63. The van der Waals surface area contributed by atoms with Gasteiger partial charge in [-0.15, -0.1) is 0 Å². The lowest BCUT2D eigenvalue weighted by molar-refractivity contribution is -0.177. The Bertz CT molecular complexity index is 893. The van der Waals surface area contributed by atoms with E-state index < -0.39 is 5.60 Å². The van der Waals surface area contributed by atoms with Gasteiger partial charge < -0.3 is 9.52 Å². The molecule has 0 spiro atoms. The molecule has 4 aliphatic rings. The van der Waals surface area contributed by atoms with Gasteiger partial charge in [-0.2, -0.15) is 0 Å². The highest BCUT2D eigenvalue weighted by atomic mass is 16.4. The summed E-state index contributed by atoms with van der Waals surface area (Å²) < 4.78 is 5.16. The Morgan fingerprint density at radius 3 is 2.57 bits per heavy atom. The molecule has 1 aromatic heterocycles. The minimum Gasteiger partial charge on any atom is -0.431 e. The van der Waals surface area contributed by atoms with Gasteiger partial charge in [0.2, 0.25) is 0 Å². The van der Waals surface area contributed by atoms with Crippen LogP contribution in [0.1, 0.15) is 76.7 Å². The minimum absolute atomic E-state index is 0.0610. The molecule has 0 radical (unpaired) electrons. The number of carbonyl (C=O) groups is 1. The largest absolute Gasteiger partial charge is 0.431 e. The Kier molecular flexibility index (Phi) is 3.88. The van der Waals surface area contributed by atoms with Gasteiger partial charge >= 0.3 is 5.63 Å². The van der Waals surface area contributed by atoms with Gasteiger partial charge in [-0.05, 0) is 85.8 Å². The average molecular weight is 383 g/mol. The van der Waals surface area contributed by atoms with Crippen LogP contribution in [0.3, 0.4) is 0 Å². The minimum atomic E-state index is -0.688. The van der Waals surface area contributed by atoms with Gasteiger partial charge in [0.25, 0.3) is 0 Å². The maximum Gasteiger partial charge on any atom is 0.335 e. The lowest BCUT2D eigenvalue weighted by atomic mass is 9.45. The molecule has 0 aromatic carbocycles. The zero-order valence-corrected chi connectivity index (χ0v) is 16.9. The number of fused-ring (bicyclic) bond motifs is 5.